The van der Waals surface area contributed by atoms with Gasteiger partial charge in [0.15, 0.2) is 0 Å². The van der Waals surface area contributed by atoms with Crippen LogP contribution in [0.5, 0.6) is 0 Å². The highest BCUT2D eigenvalue weighted by molar-refractivity contribution is 6.05. The lowest BCUT2D eigenvalue weighted by Crippen LogP contribution is -2.30. The quantitative estimate of drug-likeness (QED) is 0.743. The Balaban J connectivity index is 1.68. The summed E-state index contributed by atoms with van der Waals surface area (Å²) in [6.07, 6.45) is 5.44. The first-order chi connectivity index (χ1) is 13.2. The molecule has 134 valence electrons. The molecule has 1 aliphatic heterocycles. The first-order valence-electron chi connectivity index (χ1n) is 8.69. The van der Waals surface area contributed by atoms with Crippen LogP contribution < -0.4 is 10.6 Å². The van der Waals surface area contributed by atoms with Crippen molar-refractivity contribution in [2.24, 2.45) is 0 Å². The van der Waals surface area contributed by atoms with E-state index in [1.54, 1.807) is 4.68 Å². The minimum Gasteiger partial charge on any atom is -0.328 e. The second-order valence-electron chi connectivity index (χ2n) is 6.23. The normalized spacial score (nSPS) is 16.1. The molecule has 2 N–H and O–H groups in total. The number of nitrogens with one attached hydrogen (secondary N) is 2. The van der Waals surface area contributed by atoms with Crippen LogP contribution in [0.4, 0.5) is 11.6 Å². The molecule has 0 spiro atoms. The van der Waals surface area contributed by atoms with E-state index in [-0.39, 0.29) is 11.9 Å². The monoisotopic (exact) mass is 357 g/mol. The first-order valence-corrected chi connectivity index (χ1v) is 8.69. The van der Waals surface area contributed by atoms with Crippen LogP contribution in [0.15, 0.2) is 84.3 Å². The van der Waals surface area contributed by atoms with Gasteiger partial charge in [-0.1, -0.05) is 60.7 Å². The lowest BCUT2D eigenvalue weighted by Gasteiger charge is -2.26. The maximum Gasteiger partial charge on any atom is 0.255 e. The van der Waals surface area contributed by atoms with Crippen molar-refractivity contribution in [2.45, 2.75) is 13.0 Å². The van der Waals surface area contributed by atoms with Crippen molar-refractivity contribution >= 4 is 23.6 Å². The van der Waals surface area contributed by atoms with Crippen LogP contribution in [0.1, 0.15) is 18.5 Å². The van der Waals surface area contributed by atoms with Gasteiger partial charge in [0.1, 0.15) is 12.4 Å². The number of hydrogen-bond acceptors (Lipinski definition) is 4. The molecule has 1 atom stereocenters. The third kappa shape index (κ3) is 3.50. The maximum atomic E-state index is 13.0. The van der Waals surface area contributed by atoms with Gasteiger partial charge in [0, 0.05) is 11.4 Å². The molecule has 0 radical (unpaired) electrons. The Morgan fingerprint density at radius 1 is 1.11 bits per heavy atom. The fourth-order valence-corrected chi connectivity index (χ4v) is 3.09. The summed E-state index contributed by atoms with van der Waals surface area (Å²) in [4.78, 5) is 17.3. The average Bonchev–Trinajstić information content (AvgIpc) is 3.15. The number of hydrogen-bond donors (Lipinski definition) is 2. The summed E-state index contributed by atoms with van der Waals surface area (Å²) < 4.78 is 1.71. The molecule has 6 heteroatoms. The predicted octanol–water partition coefficient (Wildman–Crippen LogP) is 3.87. The molecule has 1 aromatic heterocycles. The Hall–Kier alpha value is -3.67. The number of carbonyl (C=O) groups is 1. The largest absolute Gasteiger partial charge is 0.328 e. The zero-order valence-corrected chi connectivity index (χ0v) is 14.8. The molecular formula is C21H19N5O. The van der Waals surface area contributed by atoms with Crippen molar-refractivity contribution < 1.29 is 4.79 Å². The Kier molecular flexibility index (Phi) is 4.53. The van der Waals surface area contributed by atoms with E-state index >= 15 is 0 Å². The summed E-state index contributed by atoms with van der Waals surface area (Å²) >= 11 is 0. The number of para-hydroxylation sites is 1. The molecule has 0 aliphatic carbocycles. The zero-order chi connectivity index (χ0) is 18.6. The number of amides is 1. The molecule has 4 rings (SSSR count). The number of allylic oxidation sites excluding steroid dienone is 2. The van der Waals surface area contributed by atoms with Crippen LogP contribution in [-0.4, -0.2) is 20.7 Å². The minimum atomic E-state index is -0.354. The number of aromatic nitrogens is 3. The molecule has 6 nitrogen and oxygen atoms in total. The van der Waals surface area contributed by atoms with Gasteiger partial charge >= 0.3 is 0 Å². The zero-order valence-electron chi connectivity index (χ0n) is 14.8. The van der Waals surface area contributed by atoms with E-state index in [0.29, 0.717) is 11.5 Å². The van der Waals surface area contributed by atoms with E-state index in [1.165, 1.54) is 6.33 Å². The fraction of sp³-hybridized carbons (Fsp3) is 0.0952. The van der Waals surface area contributed by atoms with E-state index in [0.717, 1.165) is 16.9 Å². The summed E-state index contributed by atoms with van der Waals surface area (Å²) in [5, 5.41) is 10.4. The molecule has 0 fully saturated rings. The number of fused-ring (bicyclic) bond motifs is 1. The summed E-state index contributed by atoms with van der Waals surface area (Å²) in [5.74, 6) is 0.446. The molecule has 3 aromatic rings. The molecule has 2 heterocycles. The smallest absolute Gasteiger partial charge is 0.255 e. The van der Waals surface area contributed by atoms with Crippen LogP contribution in [-0.2, 0) is 4.79 Å². The highest BCUT2D eigenvalue weighted by Crippen LogP contribution is 2.31. The van der Waals surface area contributed by atoms with Gasteiger partial charge in [0.05, 0.1) is 5.57 Å². The van der Waals surface area contributed by atoms with Gasteiger partial charge in [-0.3, -0.25) is 4.79 Å². The topological polar surface area (TPSA) is 71.8 Å². The van der Waals surface area contributed by atoms with Crippen LogP contribution in [0.3, 0.4) is 0 Å². The molecule has 1 amide bonds. The Morgan fingerprint density at radius 2 is 1.81 bits per heavy atom. The Bertz CT molecular complexity index is 1010. The average molecular weight is 357 g/mol. The standard InChI is InChI=1S/C21H19N5O/c1-15-19(20(27)25-17-10-6-3-7-11-17)18(26-21(24-15)22-14-23-26)13-12-16-8-4-2-5-9-16/h2-14,18H,1H3,(H,25,27)(H,22,23,24)/b13-12+/t18-/m1/s1. The molecule has 0 saturated carbocycles. The highest BCUT2D eigenvalue weighted by atomic mass is 16.1. The molecular weight excluding hydrogens is 338 g/mol. The van der Waals surface area contributed by atoms with Crippen molar-refractivity contribution in [3.8, 4) is 0 Å². The summed E-state index contributed by atoms with van der Waals surface area (Å²) in [6, 6.07) is 19.0. The first kappa shape index (κ1) is 16.8. The minimum absolute atomic E-state index is 0.171. The van der Waals surface area contributed by atoms with E-state index in [1.807, 2.05) is 79.7 Å². The fourth-order valence-electron chi connectivity index (χ4n) is 3.09. The van der Waals surface area contributed by atoms with E-state index in [9.17, 15) is 4.79 Å². The van der Waals surface area contributed by atoms with E-state index in [4.69, 9.17) is 0 Å². The molecule has 0 bridgehead atoms. The molecule has 2 aromatic carbocycles. The third-order valence-electron chi connectivity index (χ3n) is 4.38. The van der Waals surface area contributed by atoms with Crippen molar-refractivity contribution in [1.82, 2.24) is 14.8 Å². The third-order valence-corrected chi connectivity index (χ3v) is 4.38. The van der Waals surface area contributed by atoms with Crippen molar-refractivity contribution in [3.63, 3.8) is 0 Å². The molecule has 1 aliphatic rings. The van der Waals surface area contributed by atoms with Gasteiger partial charge < -0.3 is 10.6 Å². The van der Waals surface area contributed by atoms with Gasteiger partial charge in [-0.2, -0.15) is 10.1 Å². The number of nitrogens with zero attached hydrogens (tertiary/aromatic N) is 3. The summed E-state index contributed by atoms with van der Waals surface area (Å²) in [6.45, 7) is 1.88. The number of rotatable bonds is 4. The van der Waals surface area contributed by atoms with Gasteiger partial charge in [-0.15, -0.1) is 0 Å². The summed E-state index contributed by atoms with van der Waals surface area (Å²) in [5.41, 5.74) is 3.16. The highest BCUT2D eigenvalue weighted by Gasteiger charge is 2.30. The van der Waals surface area contributed by atoms with Gasteiger partial charge in [-0.05, 0) is 24.6 Å². The second-order valence-corrected chi connectivity index (χ2v) is 6.23. The van der Waals surface area contributed by atoms with Gasteiger partial charge in [0.25, 0.3) is 5.91 Å². The SMILES string of the molecule is CC1=C(C(=O)Nc2ccccc2)[C@@H](/C=C/c2ccccc2)n2ncnc2N1. The maximum absolute atomic E-state index is 13.0. The van der Waals surface area contributed by atoms with E-state index in [2.05, 4.69) is 20.7 Å². The lowest BCUT2D eigenvalue weighted by molar-refractivity contribution is -0.113. The number of carbonyl (C=O) groups excluding carboxylic acids is 1. The molecule has 0 saturated heterocycles. The lowest BCUT2D eigenvalue weighted by atomic mass is 10.0. The van der Waals surface area contributed by atoms with Gasteiger partial charge in [0.2, 0.25) is 5.95 Å². The van der Waals surface area contributed by atoms with Crippen molar-refractivity contribution in [3.05, 3.63) is 89.9 Å². The Morgan fingerprint density at radius 3 is 2.56 bits per heavy atom. The van der Waals surface area contributed by atoms with Gasteiger partial charge in [-0.25, -0.2) is 4.68 Å². The summed E-state index contributed by atoms with van der Waals surface area (Å²) in [7, 11) is 0. The Labute approximate surface area is 157 Å². The van der Waals surface area contributed by atoms with Crippen LogP contribution in [0.2, 0.25) is 0 Å². The van der Waals surface area contributed by atoms with Crippen molar-refractivity contribution in [1.29, 1.82) is 0 Å². The number of benzene rings is 2. The second kappa shape index (κ2) is 7.29. The predicted molar refractivity (Wildman–Crippen MR) is 106 cm³/mol. The number of anilines is 2. The van der Waals surface area contributed by atoms with Crippen molar-refractivity contribution in [2.75, 3.05) is 10.6 Å². The molecule has 27 heavy (non-hydrogen) atoms. The van der Waals surface area contributed by atoms with E-state index < -0.39 is 0 Å². The van der Waals surface area contributed by atoms with Crippen LogP contribution in [0.25, 0.3) is 6.08 Å². The van der Waals surface area contributed by atoms with Crippen LogP contribution in [0, 0.1) is 0 Å². The molecule has 0 unspecified atom stereocenters. The van der Waals surface area contributed by atoms with Crippen LogP contribution >= 0.6 is 0 Å².